The Kier molecular flexibility index (Phi) is 2.75. The molecule has 0 fully saturated rings. The van der Waals surface area contributed by atoms with E-state index in [1.54, 1.807) is 16.8 Å². The Morgan fingerprint density at radius 1 is 1.47 bits per heavy atom. The Bertz CT molecular complexity index is 504. The molecule has 0 N–H and O–H groups in total. The fourth-order valence-corrected chi connectivity index (χ4v) is 1.77. The van der Waals surface area contributed by atoms with E-state index in [0.717, 1.165) is 10.9 Å². The number of ether oxygens (including phenoxy) is 1. The van der Waals surface area contributed by atoms with Gasteiger partial charge >= 0.3 is 0 Å². The van der Waals surface area contributed by atoms with Crippen molar-refractivity contribution in [3.05, 3.63) is 35.5 Å². The summed E-state index contributed by atoms with van der Waals surface area (Å²) < 4.78 is 6.35. The minimum atomic E-state index is -0.102. The number of rotatable bonds is 2. The summed E-state index contributed by atoms with van der Waals surface area (Å²) in [6, 6.07) is 7.30. The van der Waals surface area contributed by atoms with E-state index in [0.29, 0.717) is 5.02 Å². The number of methoxy groups -OCH3 is 1. The van der Waals surface area contributed by atoms with Gasteiger partial charge in [0.2, 0.25) is 0 Å². The molecule has 0 unspecified atom stereocenters. The monoisotopic (exact) mass is 223 g/mol. The summed E-state index contributed by atoms with van der Waals surface area (Å²) in [7, 11) is 1.50. The minimum absolute atomic E-state index is 0.0658. The van der Waals surface area contributed by atoms with Crippen molar-refractivity contribution in [2.45, 2.75) is 0 Å². The molecule has 0 aliphatic heterocycles. The van der Waals surface area contributed by atoms with Gasteiger partial charge in [-0.2, -0.15) is 0 Å². The van der Waals surface area contributed by atoms with Gasteiger partial charge in [0, 0.05) is 23.7 Å². The molecule has 1 heterocycles. The van der Waals surface area contributed by atoms with Crippen LogP contribution in [-0.4, -0.2) is 24.2 Å². The second-order valence-electron chi connectivity index (χ2n) is 3.19. The highest BCUT2D eigenvalue weighted by atomic mass is 35.5. The molecule has 0 spiro atoms. The highest BCUT2D eigenvalue weighted by Crippen LogP contribution is 2.23. The lowest BCUT2D eigenvalue weighted by molar-refractivity contribution is 0.0767. The summed E-state index contributed by atoms with van der Waals surface area (Å²) in [5.74, 6) is -0.102. The Morgan fingerprint density at radius 2 is 2.27 bits per heavy atom. The van der Waals surface area contributed by atoms with Crippen molar-refractivity contribution in [1.82, 2.24) is 4.57 Å². The van der Waals surface area contributed by atoms with Crippen LogP contribution >= 0.6 is 11.6 Å². The van der Waals surface area contributed by atoms with E-state index in [1.807, 2.05) is 18.2 Å². The summed E-state index contributed by atoms with van der Waals surface area (Å²) in [5.41, 5.74) is 0.810. The van der Waals surface area contributed by atoms with Crippen LogP contribution in [0.25, 0.3) is 10.9 Å². The van der Waals surface area contributed by atoms with E-state index >= 15 is 0 Å². The number of carbonyl (C=O) groups is 1. The van der Waals surface area contributed by atoms with Crippen LogP contribution in [0.3, 0.4) is 0 Å². The molecule has 0 radical (unpaired) electrons. The van der Waals surface area contributed by atoms with Gasteiger partial charge in [-0.25, -0.2) is 0 Å². The number of hydrogen-bond acceptors (Lipinski definition) is 2. The highest BCUT2D eigenvalue weighted by Gasteiger charge is 2.09. The third-order valence-electron chi connectivity index (χ3n) is 2.22. The van der Waals surface area contributed by atoms with Crippen molar-refractivity contribution in [3.63, 3.8) is 0 Å². The van der Waals surface area contributed by atoms with E-state index in [1.165, 1.54) is 7.11 Å². The molecule has 3 nitrogen and oxygen atoms in total. The van der Waals surface area contributed by atoms with Gasteiger partial charge in [0.05, 0.1) is 5.52 Å². The first-order valence-corrected chi connectivity index (χ1v) is 4.89. The molecule has 15 heavy (non-hydrogen) atoms. The fraction of sp³-hybridized carbons (Fsp3) is 0.182. The minimum Gasteiger partial charge on any atom is -0.375 e. The Labute approximate surface area is 92.2 Å². The lowest BCUT2D eigenvalue weighted by atomic mass is 10.2. The van der Waals surface area contributed by atoms with Gasteiger partial charge in [0.1, 0.15) is 6.61 Å². The summed E-state index contributed by atoms with van der Waals surface area (Å²) in [6.45, 7) is 0.0658. The van der Waals surface area contributed by atoms with Gasteiger partial charge < -0.3 is 4.74 Å². The molecule has 78 valence electrons. The van der Waals surface area contributed by atoms with Gasteiger partial charge in [-0.3, -0.25) is 9.36 Å². The number of nitrogens with zero attached hydrogens (tertiary/aromatic N) is 1. The van der Waals surface area contributed by atoms with Crippen molar-refractivity contribution >= 4 is 28.4 Å². The van der Waals surface area contributed by atoms with Crippen molar-refractivity contribution < 1.29 is 9.53 Å². The molecule has 2 aromatic rings. The first-order chi connectivity index (χ1) is 7.24. The zero-order chi connectivity index (χ0) is 10.8. The van der Waals surface area contributed by atoms with Crippen LogP contribution in [-0.2, 0) is 4.74 Å². The van der Waals surface area contributed by atoms with E-state index in [2.05, 4.69) is 0 Å². The lowest BCUT2D eigenvalue weighted by Crippen LogP contribution is -2.14. The maximum atomic E-state index is 11.6. The number of carbonyl (C=O) groups excluding carboxylic acids is 1. The van der Waals surface area contributed by atoms with Crippen LogP contribution in [0, 0.1) is 0 Å². The smallest absolute Gasteiger partial charge is 0.257 e. The predicted molar refractivity (Wildman–Crippen MR) is 59.5 cm³/mol. The van der Waals surface area contributed by atoms with Gasteiger partial charge in [-0.15, -0.1) is 0 Å². The average Bonchev–Trinajstić information content (AvgIpc) is 2.63. The third-order valence-corrected chi connectivity index (χ3v) is 2.55. The van der Waals surface area contributed by atoms with Crippen molar-refractivity contribution in [2.75, 3.05) is 13.7 Å². The number of fused-ring (bicyclic) bond motifs is 1. The normalized spacial score (nSPS) is 10.8. The molecule has 4 heteroatoms. The van der Waals surface area contributed by atoms with Crippen LogP contribution in [0.4, 0.5) is 0 Å². The summed E-state index contributed by atoms with van der Waals surface area (Å²) >= 11 is 6.00. The first kappa shape index (κ1) is 10.2. The number of hydrogen-bond donors (Lipinski definition) is 0. The molecule has 0 aliphatic carbocycles. The molecule has 0 amide bonds. The largest absolute Gasteiger partial charge is 0.375 e. The maximum Gasteiger partial charge on any atom is 0.257 e. The van der Waals surface area contributed by atoms with Gasteiger partial charge in [0.15, 0.2) is 0 Å². The molecule has 1 aromatic heterocycles. The van der Waals surface area contributed by atoms with Crippen LogP contribution in [0.5, 0.6) is 0 Å². The maximum absolute atomic E-state index is 11.6. The predicted octanol–water partition coefficient (Wildman–Crippen LogP) is 2.58. The Hall–Kier alpha value is -1.32. The topological polar surface area (TPSA) is 31.2 Å². The Balaban J connectivity index is 2.54. The summed E-state index contributed by atoms with van der Waals surface area (Å²) in [4.78, 5) is 11.6. The number of aromatic nitrogens is 1. The molecule has 0 bridgehead atoms. The molecule has 0 saturated carbocycles. The van der Waals surface area contributed by atoms with Crippen LogP contribution in [0.15, 0.2) is 30.5 Å². The quantitative estimate of drug-likeness (QED) is 0.784. The molecule has 1 aromatic carbocycles. The van der Waals surface area contributed by atoms with Crippen LogP contribution < -0.4 is 0 Å². The second kappa shape index (κ2) is 4.04. The fourth-order valence-electron chi connectivity index (χ4n) is 1.54. The number of halogens is 1. The SMILES string of the molecule is COCC(=O)n1ccc2c(Cl)cccc21. The number of benzene rings is 1. The van der Waals surface area contributed by atoms with Crippen molar-refractivity contribution in [1.29, 1.82) is 0 Å². The Morgan fingerprint density at radius 3 is 3.00 bits per heavy atom. The van der Waals surface area contributed by atoms with Crippen LogP contribution in [0.2, 0.25) is 5.02 Å². The second-order valence-corrected chi connectivity index (χ2v) is 3.59. The van der Waals surface area contributed by atoms with E-state index < -0.39 is 0 Å². The zero-order valence-electron chi connectivity index (χ0n) is 8.24. The lowest BCUT2D eigenvalue weighted by Gasteiger charge is -2.02. The van der Waals surface area contributed by atoms with Crippen molar-refractivity contribution in [2.24, 2.45) is 0 Å². The third kappa shape index (κ3) is 1.76. The van der Waals surface area contributed by atoms with E-state index in [9.17, 15) is 4.79 Å². The van der Waals surface area contributed by atoms with Crippen molar-refractivity contribution in [3.8, 4) is 0 Å². The van der Waals surface area contributed by atoms with Gasteiger partial charge in [-0.05, 0) is 18.2 Å². The molecule has 2 rings (SSSR count). The highest BCUT2D eigenvalue weighted by molar-refractivity contribution is 6.35. The first-order valence-electron chi connectivity index (χ1n) is 4.52. The summed E-state index contributed by atoms with van der Waals surface area (Å²) in [6.07, 6.45) is 1.71. The molecular weight excluding hydrogens is 214 g/mol. The van der Waals surface area contributed by atoms with E-state index in [-0.39, 0.29) is 12.5 Å². The standard InChI is InChI=1S/C11H10ClNO2/c1-15-7-11(14)13-6-5-8-9(12)3-2-4-10(8)13/h2-6H,7H2,1H3. The van der Waals surface area contributed by atoms with Gasteiger partial charge in [0.25, 0.3) is 5.91 Å². The molecule has 0 saturated heterocycles. The van der Waals surface area contributed by atoms with Crippen LogP contribution in [0.1, 0.15) is 4.79 Å². The molecule has 0 atom stereocenters. The molecule has 0 aliphatic rings. The summed E-state index contributed by atoms with van der Waals surface area (Å²) in [5, 5.41) is 1.53. The zero-order valence-corrected chi connectivity index (χ0v) is 8.99. The van der Waals surface area contributed by atoms with E-state index in [4.69, 9.17) is 16.3 Å². The molecular formula is C11H10ClNO2. The average molecular weight is 224 g/mol. The van der Waals surface area contributed by atoms with Gasteiger partial charge in [-0.1, -0.05) is 17.7 Å².